The molecule has 1 aromatic heterocycles. The van der Waals surface area contributed by atoms with Gasteiger partial charge in [0.05, 0.1) is 19.0 Å². The van der Waals surface area contributed by atoms with Gasteiger partial charge in [-0.2, -0.15) is 0 Å². The van der Waals surface area contributed by atoms with Gasteiger partial charge in [0.1, 0.15) is 5.82 Å². The fourth-order valence-electron chi connectivity index (χ4n) is 3.02. The van der Waals surface area contributed by atoms with E-state index < -0.39 is 0 Å². The van der Waals surface area contributed by atoms with Crippen molar-refractivity contribution in [1.29, 1.82) is 0 Å². The van der Waals surface area contributed by atoms with Crippen molar-refractivity contribution < 1.29 is 14.3 Å². The lowest BCUT2D eigenvalue weighted by atomic mass is 10.2. The van der Waals surface area contributed by atoms with Crippen LogP contribution in [0, 0.1) is 0 Å². The van der Waals surface area contributed by atoms with Gasteiger partial charge < -0.3 is 19.4 Å². The van der Waals surface area contributed by atoms with Crippen molar-refractivity contribution in [3.05, 3.63) is 24.0 Å². The van der Waals surface area contributed by atoms with E-state index in [0.29, 0.717) is 30.4 Å². The van der Waals surface area contributed by atoms with Crippen LogP contribution in [0.25, 0.3) is 0 Å². The summed E-state index contributed by atoms with van der Waals surface area (Å²) < 4.78 is 13.3. The summed E-state index contributed by atoms with van der Waals surface area (Å²) in [6, 6.07) is 5.43. The Hall–Kier alpha value is -2.22. The van der Waals surface area contributed by atoms with Gasteiger partial charge in [-0.15, -0.1) is 10.2 Å². The Labute approximate surface area is 163 Å². The van der Waals surface area contributed by atoms with Crippen LogP contribution in [0.4, 0.5) is 5.69 Å². The molecule has 0 bridgehead atoms. The fourth-order valence-corrected chi connectivity index (χ4v) is 3.80. The van der Waals surface area contributed by atoms with Crippen LogP contribution >= 0.6 is 11.8 Å². The van der Waals surface area contributed by atoms with E-state index in [9.17, 15) is 4.79 Å². The largest absolute Gasteiger partial charge is 0.490 e. The van der Waals surface area contributed by atoms with E-state index in [4.69, 9.17) is 9.47 Å². The zero-order valence-corrected chi connectivity index (χ0v) is 16.7. The molecule has 2 aromatic rings. The number of amides is 1. The molecular formula is C19H26N4O3S. The van der Waals surface area contributed by atoms with Crippen molar-refractivity contribution in [2.75, 3.05) is 24.3 Å². The average molecular weight is 391 g/mol. The SMILES string of the molecule is CCOc1ccc(NC(=O)CSc2nnc3n2CCCCC3)cc1OCC. The highest BCUT2D eigenvalue weighted by atomic mass is 32.2. The van der Waals surface area contributed by atoms with Gasteiger partial charge in [-0.05, 0) is 38.8 Å². The first-order valence-corrected chi connectivity index (χ1v) is 10.4. The zero-order chi connectivity index (χ0) is 19.1. The van der Waals surface area contributed by atoms with Gasteiger partial charge in [-0.3, -0.25) is 4.79 Å². The third-order valence-corrected chi connectivity index (χ3v) is 5.20. The third kappa shape index (κ3) is 5.15. The Morgan fingerprint density at radius 3 is 2.78 bits per heavy atom. The molecule has 0 unspecified atom stereocenters. The molecule has 27 heavy (non-hydrogen) atoms. The monoisotopic (exact) mass is 390 g/mol. The number of nitrogens with one attached hydrogen (secondary N) is 1. The molecule has 146 valence electrons. The molecule has 2 heterocycles. The second-order valence-corrected chi connectivity index (χ2v) is 7.17. The Morgan fingerprint density at radius 1 is 1.15 bits per heavy atom. The molecule has 1 N–H and O–H groups in total. The molecule has 0 radical (unpaired) electrons. The van der Waals surface area contributed by atoms with Crippen LogP contribution < -0.4 is 14.8 Å². The molecule has 0 aliphatic carbocycles. The van der Waals surface area contributed by atoms with E-state index in [1.54, 1.807) is 6.07 Å². The highest BCUT2D eigenvalue weighted by molar-refractivity contribution is 7.99. The number of anilines is 1. The average Bonchev–Trinajstić information content (AvgIpc) is 2.89. The summed E-state index contributed by atoms with van der Waals surface area (Å²) in [6.07, 6.45) is 4.47. The lowest BCUT2D eigenvalue weighted by molar-refractivity contribution is -0.113. The number of hydrogen-bond donors (Lipinski definition) is 1. The summed E-state index contributed by atoms with van der Waals surface area (Å²) in [5, 5.41) is 12.3. The maximum atomic E-state index is 12.4. The number of aryl methyl sites for hydroxylation is 1. The molecule has 1 aromatic carbocycles. The van der Waals surface area contributed by atoms with E-state index in [2.05, 4.69) is 20.1 Å². The van der Waals surface area contributed by atoms with Gasteiger partial charge in [-0.1, -0.05) is 18.2 Å². The van der Waals surface area contributed by atoms with Gasteiger partial charge in [0.15, 0.2) is 16.7 Å². The number of fused-ring (bicyclic) bond motifs is 1. The van der Waals surface area contributed by atoms with Gasteiger partial charge in [-0.25, -0.2) is 0 Å². The standard InChI is InChI=1S/C19H26N4O3S/c1-3-25-15-10-9-14(12-16(15)26-4-2)20-18(24)13-27-19-22-21-17-8-6-5-7-11-23(17)19/h9-10,12H,3-8,11,13H2,1-2H3,(H,20,24). The Bertz CT molecular complexity index is 778. The van der Waals surface area contributed by atoms with Gasteiger partial charge >= 0.3 is 0 Å². The molecule has 0 fully saturated rings. The van der Waals surface area contributed by atoms with E-state index in [1.165, 1.54) is 18.2 Å². The number of nitrogens with zero attached hydrogens (tertiary/aromatic N) is 3. The zero-order valence-electron chi connectivity index (χ0n) is 15.9. The summed E-state index contributed by atoms with van der Waals surface area (Å²) in [5.41, 5.74) is 0.688. The van der Waals surface area contributed by atoms with E-state index >= 15 is 0 Å². The maximum Gasteiger partial charge on any atom is 0.234 e. The summed E-state index contributed by atoms with van der Waals surface area (Å²) >= 11 is 1.43. The summed E-state index contributed by atoms with van der Waals surface area (Å²) in [6.45, 7) is 5.87. The van der Waals surface area contributed by atoms with Crippen LogP contribution in [0.15, 0.2) is 23.4 Å². The molecule has 1 aliphatic heterocycles. The van der Waals surface area contributed by atoms with Crippen molar-refractivity contribution in [2.24, 2.45) is 0 Å². The number of aromatic nitrogens is 3. The number of benzene rings is 1. The minimum atomic E-state index is -0.0856. The smallest absolute Gasteiger partial charge is 0.234 e. The highest BCUT2D eigenvalue weighted by Crippen LogP contribution is 2.31. The first-order chi connectivity index (χ1) is 13.2. The van der Waals surface area contributed by atoms with Crippen LogP contribution in [0.2, 0.25) is 0 Å². The number of hydrogen-bond acceptors (Lipinski definition) is 6. The lowest BCUT2D eigenvalue weighted by Crippen LogP contribution is -2.15. The summed E-state index contributed by atoms with van der Waals surface area (Å²) in [4.78, 5) is 12.4. The van der Waals surface area contributed by atoms with Crippen LogP contribution in [-0.4, -0.2) is 39.6 Å². The molecule has 1 aliphatic rings. The minimum Gasteiger partial charge on any atom is -0.490 e. The Balaban J connectivity index is 1.59. The number of carbonyl (C=O) groups excluding carboxylic acids is 1. The molecule has 0 spiro atoms. The van der Waals surface area contributed by atoms with E-state index in [-0.39, 0.29) is 11.7 Å². The molecule has 0 saturated heterocycles. The molecule has 1 amide bonds. The van der Waals surface area contributed by atoms with Gasteiger partial charge in [0, 0.05) is 24.7 Å². The first-order valence-electron chi connectivity index (χ1n) is 9.45. The van der Waals surface area contributed by atoms with Crippen LogP contribution in [0.5, 0.6) is 11.5 Å². The first kappa shape index (κ1) is 19.5. The molecular weight excluding hydrogens is 364 g/mol. The van der Waals surface area contributed by atoms with Crippen molar-refractivity contribution in [3.63, 3.8) is 0 Å². The van der Waals surface area contributed by atoms with Crippen molar-refractivity contribution in [1.82, 2.24) is 14.8 Å². The molecule has 0 saturated carbocycles. The third-order valence-electron chi connectivity index (χ3n) is 4.24. The quantitative estimate of drug-likeness (QED) is 0.695. The van der Waals surface area contributed by atoms with E-state index in [0.717, 1.165) is 36.8 Å². The Morgan fingerprint density at radius 2 is 1.96 bits per heavy atom. The number of thioether (sulfide) groups is 1. The predicted octanol–water partition coefficient (Wildman–Crippen LogP) is 3.53. The second-order valence-electron chi connectivity index (χ2n) is 6.23. The molecule has 8 heteroatoms. The van der Waals surface area contributed by atoms with E-state index in [1.807, 2.05) is 26.0 Å². The summed E-state index contributed by atoms with van der Waals surface area (Å²) in [7, 11) is 0. The number of rotatable bonds is 8. The lowest BCUT2D eigenvalue weighted by Gasteiger charge is -2.13. The minimum absolute atomic E-state index is 0.0856. The summed E-state index contributed by atoms with van der Waals surface area (Å²) in [5.74, 6) is 2.54. The highest BCUT2D eigenvalue weighted by Gasteiger charge is 2.16. The van der Waals surface area contributed by atoms with Crippen molar-refractivity contribution >= 4 is 23.4 Å². The predicted molar refractivity (Wildman–Crippen MR) is 106 cm³/mol. The van der Waals surface area contributed by atoms with Crippen molar-refractivity contribution in [3.8, 4) is 11.5 Å². The van der Waals surface area contributed by atoms with Crippen molar-refractivity contribution in [2.45, 2.75) is 51.2 Å². The fraction of sp³-hybridized carbons (Fsp3) is 0.526. The topological polar surface area (TPSA) is 78.3 Å². The van der Waals surface area contributed by atoms with Crippen LogP contribution in [0.3, 0.4) is 0 Å². The number of carbonyl (C=O) groups is 1. The maximum absolute atomic E-state index is 12.4. The van der Waals surface area contributed by atoms with Gasteiger partial charge in [0.25, 0.3) is 0 Å². The number of ether oxygens (including phenoxy) is 2. The molecule has 0 atom stereocenters. The normalized spacial score (nSPS) is 13.6. The molecule has 7 nitrogen and oxygen atoms in total. The Kier molecular flexibility index (Phi) is 6.98. The van der Waals surface area contributed by atoms with Crippen LogP contribution in [-0.2, 0) is 17.8 Å². The van der Waals surface area contributed by atoms with Gasteiger partial charge in [0.2, 0.25) is 5.91 Å². The van der Waals surface area contributed by atoms with Crippen LogP contribution in [0.1, 0.15) is 38.9 Å². The second kappa shape index (κ2) is 9.64. The molecule has 3 rings (SSSR count).